The Balaban J connectivity index is 2.15. The number of carboxylic acid groups (broad SMARTS) is 1. The molecule has 2 heterocycles. The monoisotopic (exact) mass is 487 g/mol. The van der Waals surface area contributed by atoms with E-state index in [2.05, 4.69) is 20.0 Å². The van der Waals surface area contributed by atoms with Crippen LogP contribution in [-0.2, 0) is 24.6 Å². The van der Waals surface area contributed by atoms with Crippen molar-refractivity contribution in [3.05, 3.63) is 63.5 Å². The zero-order chi connectivity index (χ0) is 24.4. The molecule has 0 spiro atoms. The number of benzene rings is 1. The second kappa shape index (κ2) is 9.27. The minimum Gasteiger partial charge on any atom is -0.479 e. The number of hydrogen-bond donors (Lipinski definition) is 2. The molecule has 13 heteroatoms. The molecule has 1 aliphatic heterocycles. The second-order valence-corrected chi connectivity index (χ2v) is 7.81. The number of rotatable bonds is 7. The van der Waals surface area contributed by atoms with Crippen molar-refractivity contribution in [1.29, 1.82) is 0 Å². The third-order valence-corrected chi connectivity index (χ3v) is 5.52. The van der Waals surface area contributed by atoms with Crippen molar-refractivity contribution < 1.29 is 41.7 Å². The Labute approximate surface area is 188 Å². The SMILES string of the molecule is COC(=O)C1=C(COC(C(=O)O)C(F)(F)F)NC(c2nccs2)=NC1(C)c1ccc(F)cc1. The van der Waals surface area contributed by atoms with Crippen LogP contribution in [-0.4, -0.2) is 53.9 Å². The van der Waals surface area contributed by atoms with Crippen molar-refractivity contribution in [3.8, 4) is 0 Å². The zero-order valence-corrected chi connectivity index (χ0v) is 18.0. The number of carbonyl (C=O) groups excluding carboxylic acids is 1. The summed E-state index contributed by atoms with van der Waals surface area (Å²) >= 11 is 1.16. The van der Waals surface area contributed by atoms with E-state index in [1.807, 2.05) is 0 Å². The maximum atomic E-state index is 13.5. The lowest BCUT2D eigenvalue weighted by Gasteiger charge is -2.35. The first-order valence-electron chi connectivity index (χ1n) is 9.23. The fourth-order valence-corrected chi connectivity index (χ4v) is 3.82. The molecule has 2 N–H and O–H groups in total. The minimum absolute atomic E-state index is 0.0990. The van der Waals surface area contributed by atoms with Gasteiger partial charge in [-0.25, -0.2) is 24.0 Å². The molecule has 0 aliphatic carbocycles. The number of esters is 1. The lowest BCUT2D eigenvalue weighted by molar-refractivity contribution is -0.225. The van der Waals surface area contributed by atoms with Crippen molar-refractivity contribution in [2.75, 3.05) is 13.7 Å². The van der Waals surface area contributed by atoms with E-state index in [9.17, 15) is 27.2 Å². The summed E-state index contributed by atoms with van der Waals surface area (Å²) in [5.74, 6) is -3.65. The second-order valence-electron chi connectivity index (χ2n) is 6.92. The molecule has 2 atom stereocenters. The summed E-state index contributed by atoms with van der Waals surface area (Å²) in [6, 6.07) is 4.99. The maximum absolute atomic E-state index is 13.5. The van der Waals surface area contributed by atoms with Gasteiger partial charge >= 0.3 is 18.1 Å². The molecule has 0 bridgehead atoms. The number of halogens is 4. The fraction of sp³-hybridized carbons (Fsp3) is 0.300. The lowest BCUT2D eigenvalue weighted by atomic mass is 9.82. The van der Waals surface area contributed by atoms with Crippen LogP contribution in [0, 0.1) is 5.82 Å². The first-order chi connectivity index (χ1) is 15.5. The topological polar surface area (TPSA) is 110 Å². The Morgan fingerprint density at radius 3 is 2.45 bits per heavy atom. The van der Waals surface area contributed by atoms with Crippen LogP contribution >= 0.6 is 11.3 Å². The molecular formula is C20H17F4N3O5S. The molecular weight excluding hydrogens is 470 g/mol. The van der Waals surface area contributed by atoms with Gasteiger partial charge in [0.25, 0.3) is 6.10 Å². The van der Waals surface area contributed by atoms with E-state index in [0.29, 0.717) is 10.6 Å². The first kappa shape index (κ1) is 24.3. The van der Waals surface area contributed by atoms with Gasteiger partial charge in [0.05, 0.1) is 25.0 Å². The molecule has 8 nitrogen and oxygen atoms in total. The first-order valence-corrected chi connectivity index (χ1v) is 10.1. The van der Waals surface area contributed by atoms with Gasteiger partial charge in [-0.1, -0.05) is 12.1 Å². The number of alkyl halides is 3. The molecule has 176 valence electrons. The van der Waals surface area contributed by atoms with E-state index in [4.69, 9.17) is 9.84 Å². The highest BCUT2D eigenvalue weighted by molar-refractivity contribution is 7.11. The summed E-state index contributed by atoms with van der Waals surface area (Å²) in [5.41, 5.74) is -1.67. The number of ether oxygens (including phenoxy) is 2. The summed E-state index contributed by atoms with van der Waals surface area (Å²) < 4.78 is 62.3. The van der Waals surface area contributed by atoms with Gasteiger partial charge in [0.15, 0.2) is 10.8 Å². The summed E-state index contributed by atoms with van der Waals surface area (Å²) in [6.45, 7) is 0.543. The number of aromatic nitrogens is 1. The summed E-state index contributed by atoms with van der Waals surface area (Å²) in [7, 11) is 1.06. The number of nitrogens with one attached hydrogen (secondary N) is 1. The van der Waals surface area contributed by atoms with Crippen molar-refractivity contribution in [2.24, 2.45) is 4.99 Å². The van der Waals surface area contributed by atoms with Gasteiger partial charge in [-0.15, -0.1) is 11.3 Å². The Morgan fingerprint density at radius 2 is 1.94 bits per heavy atom. The van der Waals surface area contributed by atoms with Crippen LogP contribution < -0.4 is 5.32 Å². The minimum atomic E-state index is -5.20. The van der Waals surface area contributed by atoms with Crippen LogP contribution in [0.15, 0.2) is 52.1 Å². The standard InChI is InChI=1S/C20H17F4N3O5S/c1-19(10-3-5-11(21)6-4-10)13(18(30)31-2)12(9-32-14(17(28)29)20(22,23)24)26-15(27-19)16-25-7-8-33-16/h3-8,14H,9H2,1-2H3,(H,26,27)(H,28,29). The molecule has 2 aromatic rings. The number of aliphatic imine (C=N–C) groups is 1. The quantitative estimate of drug-likeness (QED) is 0.456. The molecule has 2 unspecified atom stereocenters. The molecule has 0 saturated heterocycles. The maximum Gasteiger partial charge on any atom is 0.425 e. The Morgan fingerprint density at radius 1 is 1.27 bits per heavy atom. The fourth-order valence-electron chi connectivity index (χ4n) is 3.24. The number of carboxylic acids is 1. The molecule has 0 fully saturated rings. The Hall–Kier alpha value is -3.32. The van der Waals surface area contributed by atoms with Crippen molar-refractivity contribution >= 4 is 29.1 Å². The number of hydrogen-bond acceptors (Lipinski definition) is 8. The van der Waals surface area contributed by atoms with Gasteiger partial charge in [-0.3, -0.25) is 0 Å². The normalized spacial score (nSPS) is 19.5. The van der Waals surface area contributed by atoms with E-state index < -0.39 is 42.2 Å². The number of aliphatic carboxylic acids is 1. The molecule has 3 rings (SSSR count). The van der Waals surface area contributed by atoms with Crippen LogP contribution in [0.5, 0.6) is 0 Å². The largest absolute Gasteiger partial charge is 0.479 e. The Bertz CT molecular complexity index is 1100. The average Bonchev–Trinajstić information content (AvgIpc) is 3.27. The van der Waals surface area contributed by atoms with Gasteiger partial charge in [-0.05, 0) is 24.6 Å². The predicted octanol–water partition coefficient (Wildman–Crippen LogP) is 3.01. The van der Waals surface area contributed by atoms with Crippen LogP contribution in [0.3, 0.4) is 0 Å². The summed E-state index contributed by atoms with van der Waals surface area (Å²) in [5, 5.41) is 13.6. The average molecular weight is 487 g/mol. The molecule has 0 radical (unpaired) electrons. The third kappa shape index (κ3) is 5.03. The molecule has 1 aromatic carbocycles. The van der Waals surface area contributed by atoms with Gasteiger partial charge in [0.1, 0.15) is 11.4 Å². The van der Waals surface area contributed by atoms with Crippen LogP contribution in [0.1, 0.15) is 17.5 Å². The zero-order valence-electron chi connectivity index (χ0n) is 17.1. The summed E-state index contributed by atoms with van der Waals surface area (Å²) in [6.07, 6.45) is -6.86. The predicted molar refractivity (Wildman–Crippen MR) is 108 cm³/mol. The third-order valence-electron chi connectivity index (χ3n) is 4.74. The molecule has 1 aliphatic rings. The van der Waals surface area contributed by atoms with Gasteiger partial charge in [0, 0.05) is 11.6 Å². The number of carbonyl (C=O) groups is 2. The van der Waals surface area contributed by atoms with Crippen LogP contribution in [0.25, 0.3) is 0 Å². The van der Waals surface area contributed by atoms with Crippen molar-refractivity contribution in [2.45, 2.75) is 24.7 Å². The highest BCUT2D eigenvalue weighted by atomic mass is 32.1. The van der Waals surface area contributed by atoms with Crippen LogP contribution in [0.2, 0.25) is 0 Å². The Kier molecular flexibility index (Phi) is 6.84. The van der Waals surface area contributed by atoms with E-state index in [1.165, 1.54) is 25.3 Å². The lowest BCUT2D eigenvalue weighted by Crippen LogP contribution is -2.45. The van der Waals surface area contributed by atoms with Crippen molar-refractivity contribution in [3.63, 3.8) is 0 Å². The van der Waals surface area contributed by atoms with E-state index in [1.54, 1.807) is 5.38 Å². The molecule has 0 amide bonds. The summed E-state index contributed by atoms with van der Waals surface area (Å²) in [4.78, 5) is 32.5. The van der Waals surface area contributed by atoms with Gasteiger partial charge in [-0.2, -0.15) is 13.2 Å². The van der Waals surface area contributed by atoms with Gasteiger partial charge in [0.2, 0.25) is 0 Å². The molecule has 0 saturated carbocycles. The van der Waals surface area contributed by atoms with E-state index in [-0.39, 0.29) is 17.1 Å². The smallest absolute Gasteiger partial charge is 0.425 e. The molecule has 1 aromatic heterocycles. The van der Waals surface area contributed by atoms with E-state index >= 15 is 0 Å². The highest BCUT2D eigenvalue weighted by Crippen LogP contribution is 2.39. The van der Waals surface area contributed by atoms with Crippen molar-refractivity contribution in [1.82, 2.24) is 10.3 Å². The molecule has 33 heavy (non-hydrogen) atoms. The van der Waals surface area contributed by atoms with E-state index in [0.717, 1.165) is 30.6 Å². The van der Waals surface area contributed by atoms with Gasteiger partial charge < -0.3 is 19.9 Å². The number of methoxy groups -OCH3 is 1. The number of amidine groups is 1. The van der Waals surface area contributed by atoms with Crippen LogP contribution in [0.4, 0.5) is 17.6 Å². The number of thiazole rings is 1. The number of nitrogens with zero attached hydrogens (tertiary/aromatic N) is 2. The highest BCUT2D eigenvalue weighted by Gasteiger charge is 2.48.